The van der Waals surface area contributed by atoms with Crippen molar-refractivity contribution in [1.82, 2.24) is 4.90 Å². The molecule has 17 heavy (non-hydrogen) atoms. The molecule has 1 heterocycles. The van der Waals surface area contributed by atoms with E-state index < -0.39 is 12.0 Å². The van der Waals surface area contributed by atoms with Gasteiger partial charge in [-0.05, 0) is 19.8 Å². The summed E-state index contributed by atoms with van der Waals surface area (Å²) in [7, 11) is 0. The molecule has 1 unspecified atom stereocenters. The van der Waals surface area contributed by atoms with Crippen LogP contribution in [-0.4, -0.2) is 44.4 Å². The third kappa shape index (κ3) is 3.96. The zero-order valence-electron chi connectivity index (χ0n) is 10.0. The Morgan fingerprint density at radius 3 is 2.76 bits per heavy atom. The van der Waals surface area contributed by atoms with E-state index in [0.29, 0.717) is 18.7 Å². The summed E-state index contributed by atoms with van der Waals surface area (Å²) in [6, 6.07) is -0.636. The van der Waals surface area contributed by atoms with Crippen LogP contribution >= 0.6 is 24.0 Å². The number of nitrogens with zero attached hydrogens (tertiary/aromatic N) is 1. The minimum Gasteiger partial charge on any atom is -0.480 e. The molecule has 0 aromatic carbocycles. The smallest absolute Gasteiger partial charge is 0.326 e. The molecule has 0 radical (unpaired) electrons. The van der Waals surface area contributed by atoms with Crippen LogP contribution < -0.4 is 0 Å². The van der Waals surface area contributed by atoms with E-state index >= 15 is 0 Å². The molecule has 1 aliphatic heterocycles. The van der Waals surface area contributed by atoms with Crippen molar-refractivity contribution in [3.63, 3.8) is 0 Å². The second-order valence-electron chi connectivity index (χ2n) is 4.23. The van der Waals surface area contributed by atoms with Crippen molar-refractivity contribution in [3.05, 3.63) is 0 Å². The Bertz CT molecular complexity index is 333. The molecule has 0 aromatic rings. The lowest BCUT2D eigenvalue weighted by Gasteiger charge is -2.24. The van der Waals surface area contributed by atoms with Crippen molar-refractivity contribution in [2.75, 3.05) is 12.3 Å². The average molecular weight is 275 g/mol. The van der Waals surface area contributed by atoms with Crippen molar-refractivity contribution in [1.29, 1.82) is 0 Å². The molecular formula is C11H17NO3S2. The van der Waals surface area contributed by atoms with E-state index in [1.807, 2.05) is 13.8 Å². The van der Waals surface area contributed by atoms with E-state index in [4.69, 9.17) is 17.3 Å². The highest BCUT2D eigenvalue weighted by Crippen LogP contribution is 2.21. The number of thiocarbonyl (C=S) groups is 1. The second-order valence-corrected chi connectivity index (χ2v) is 6.34. The Morgan fingerprint density at radius 2 is 2.24 bits per heavy atom. The van der Waals surface area contributed by atoms with Crippen molar-refractivity contribution in [2.24, 2.45) is 5.92 Å². The van der Waals surface area contributed by atoms with Crippen LogP contribution in [0.2, 0.25) is 0 Å². The quantitative estimate of drug-likeness (QED) is 0.793. The predicted molar refractivity (Wildman–Crippen MR) is 72.3 cm³/mol. The number of likely N-dealkylation sites (tertiary alicyclic amines) is 1. The van der Waals surface area contributed by atoms with Crippen molar-refractivity contribution < 1.29 is 14.7 Å². The van der Waals surface area contributed by atoms with Gasteiger partial charge in [-0.25, -0.2) is 4.79 Å². The first kappa shape index (κ1) is 14.4. The number of carbonyl (C=O) groups excluding carboxylic acids is 1. The standard InChI is InChI=1S/C11H17NO3S2/c1-7(6-17-8(2)16)10(13)12-5-3-4-9(12)11(14)15/h7,9H,3-6H2,1-2H3,(H,14,15)/t7?,9-/m0/s1. The van der Waals surface area contributed by atoms with Gasteiger partial charge in [0.05, 0.1) is 0 Å². The molecule has 1 N–H and O–H groups in total. The highest BCUT2D eigenvalue weighted by Gasteiger charge is 2.35. The van der Waals surface area contributed by atoms with Crippen molar-refractivity contribution >= 4 is 40.1 Å². The molecule has 1 saturated heterocycles. The molecule has 1 aliphatic rings. The number of thioether (sulfide) groups is 1. The van der Waals surface area contributed by atoms with E-state index in [0.717, 1.165) is 10.6 Å². The summed E-state index contributed by atoms with van der Waals surface area (Å²) in [4.78, 5) is 24.6. The Hall–Kier alpha value is -0.620. The fourth-order valence-corrected chi connectivity index (χ4v) is 2.72. The number of carbonyl (C=O) groups is 2. The zero-order chi connectivity index (χ0) is 13.0. The largest absolute Gasteiger partial charge is 0.480 e. The summed E-state index contributed by atoms with van der Waals surface area (Å²) in [5.74, 6) is -0.532. The van der Waals surface area contributed by atoms with Crippen LogP contribution in [0, 0.1) is 5.92 Å². The molecule has 1 fully saturated rings. The van der Waals surface area contributed by atoms with E-state index in [-0.39, 0.29) is 11.8 Å². The lowest BCUT2D eigenvalue weighted by molar-refractivity contribution is -0.149. The lowest BCUT2D eigenvalue weighted by atomic mass is 10.1. The first-order valence-corrected chi connectivity index (χ1v) is 6.99. The van der Waals surface area contributed by atoms with E-state index in [9.17, 15) is 9.59 Å². The zero-order valence-corrected chi connectivity index (χ0v) is 11.6. The summed E-state index contributed by atoms with van der Waals surface area (Å²) < 4.78 is 0.806. The SMILES string of the molecule is CC(=S)SCC(C)C(=O)N1CCC[C@H]1C(=O)O. The lowest BCUT2D eigenvalue weighted by Crippen LogP contribution is -2.43. The highest BCUT2D eigenvalue weighted by atomic mass is 32.2. The Kier molecular flexibility index (Phi) is 5.39. The van der Waals surface area contributed by atoms with Gasteiger partial charge in [-0.2, -0.15) is 0 Å². The van der Waals surface area contributed by atoms with E-state index in [2.05, 4.69) is 0 Å². The van der Waals surface area contributed by atoms with Crippen LogP contribution in [0.4, 0.5) is 0 Å². The molecule has 4 nitrogen and oxygen atoms in total. The third-order valence-electron chi connectivity index (χ3n) is 2.78. The molecule has 2 atom stereocenters. The Labute approximate surface area is 111 Å². The van der Waals surface area contributed by atoms with Crippen LogP contribution in [0.15, 0.2) is 0 Å². The number of amides is 1. The number of aliphatic carboxylic acids is 1. The van der Waals surface area contributed by atoms with E-state index in [1.54, 1.807) is 0 Å². The van der Waals surface area contributed by atoms with Crippen LogP contribution in [0.1, 0.15) is 26.7 Å². The topological polar surface area (TPSA) is 57.6 Å². The minimum absolute atomic E-state index is 0.0707. The molecule has 0 saturated carbocycles. The second kappa shape index (κ2) is 6.35. The number of rotatable bonds is 4. The van der Waals surface area contributed by atoms with Gasteiger partial charge in [0, 0.05) is 22.4 Å². The summed E-state index contributed by atoms with van der Waals surface area (Å²) in [5, 5.41) is 9.01. The van der Waals surface area contributed by atoms with Crippen molar-refractivity contribution in [2.45, 2.75) is 32.7 Å². The summed E-state index contributed by atoms with van der Waals surface area (Å²) in [6.45, 7) is 4.21. The normalized spacial score (nSPS) is 21.3. The van der Waals surface area contributed by atoms with Gasteiger partial charge in [0.15, 0.2) is 0 Å². The number of hydrogen-bond donors (Lipinski definition) is 1. The Morgan fingerprint density at radius 1 is 1.59 bits per heavy atom. The minimum atomic E-state index is -0.901. The fraction of sp³-hybridized carbons (Fsp3) is 0.727. The fourth-order valence-electron chi connectivity index (χ4n) is 1.88. The summed E-state index contributed by atoms with van der Waals surface area (Å²) in [6.07, 6.45) is 1.34. The molecule has 1 rings (SSSR count). The number of carboxylic acids is 1. The number of carboxylic acid groups (broad SMARTS) is 1. The maximum atomic E-state index is 12.1. The maximum absolute atomic E-state index is 12.1. The molecule has 6 heteroatoms. The van der Waals surface area contributed by atoms with Gasteiger partial charge in [0.2, 0.25) is 5.91 Å². The van der Waals surface area contributed by atoms with Crippen LogP contribution in [0.3, 0.4) is 0 Å². The van der Waals surface area contributed by atoms with Crippen LogP contribution in [-0.2, 0) is 9.59 Å². The molecule has 96 valence electrons. The first-order valence-electron chi connectivity index (χ1n) is 5.60. The van der Waals surface area contributed by atoms with Crippen LogP contribution in [0.25, 0.3) is 0 Å². The predicted octanol–water partition coefficient (Wildman–Crippen LogP) is 1.78. The first-order chi connectivity index (χ1) is 7.93. The van der Waals surface area contributed by atoms with Crippen molar-refractivity contribution in [3.8, 4) is 0 Å². The van der Waals surface area contributed by atoms with Gasteiger partial charge in [-0.15, -0.1) is 11.8 Å². The average Bonchev–Trinajstić information content (AvgIpc) is 2.73. The van der Waals surface area contributed by atoms with Gasteiger partial charge >= 0.3 is 5.97 Å². The van der Waals surface area contributed by atoms with Gasteiger partial charge < -0.3 is 10.0 Å². The van der Waals surface area contributed by atoms with Gasteiger partial charge in [0.25, 0.3) is 0 Å². The monoisotopic (exact) mass is 275 g/mol. The van der Waals surface area contributed by atoms with Crippen LogP contribution in [0.5, 0.6) is 0 Å². The maximum Gasteiger partial charge on any atom is 0.326 e. The molecular weight excluding hydrogens is 258 g/mol. The molecule has 0 aliphatic carbocycles. The Balaban J connectivity index is 2.56. The van der Waals surface area contributed by atoms with Gasteiger partial charge in [0.1, 0.15) is 6.04 Å². The van der Waals surface area contributed by atoms with Gasteiger partial charge in [-0.1, -0.05) is 19.1 Å². The molecule has 0 aromatic heterocycles. The third-order valence-corrected chi connectivity index (χ3v) is 4.21. The molecule has 0 bridgehead atoms. The number of hydrogen-bond acceptors (Lipinski definition) is 4. The van der Waals surface area contributed by atoms with E-state index in [1.165, 1.54) is 16.7 Å². The summed E-state index contributed by atoms with van der Waals surface area (Å²) in [5.41, 5.74) is 0. The summed E-state index contributed by atoms with van der Waals surface area (Å²) >= 11 is 6.42. The molecule has 0 spiro atoms. The van der Waals surface area contributed by atoms with Gasteiger partial charge in [-0.3, -0.25) is 4.79 Å². The highest BCUT2D eigenvalue weighted by molar-refractivity contribution is 8.23. The molecule has 1 amide bonds.